The van der Waals surface area contributed by atoms with E-state index in [1.54, 1.807) is 19.1 Å². The van der Waals surface area contributed by atoms with Crippen LogP contribution in [0.5, 0.6) is 34.5 Å². The average Bonchev–Trinajstić information content (AvgIpc) is 3.35. The Balaban J connectivity index is 2.23. The number of hydrogen-bond acceptors (Lipinski definition) is 11. The standard InChI is InChI=1S/C26H32O11/c1-12-20(37-13(2)27)14-8-17-22(36-11-34-17)24(35-10-30-4)18(14)19-15(25(28)26(12,3)29)9-16(31-5)21(32-6)23(19)33-7/h8-9,12,20,25,28-29H,10-11H2,1-7H3/t12-,20+,25-,26-/m0/s1. The summed E-state index contributed by atoms with van der Waals surface area (Å²) in [5.41, 5.74) is -0.341. The Labute approximate surface area is 214 Å². The lowest BCUT2D eigenvalue weighted by atomic mass is 9.71. The van der Waals surface area contributed by atoms with Crippen molar-refractivity contribution in [1.29, 1.82) is 0 Å². The zero-order valence-corrected chi connectivity index (χ0v) is 21.9. The summed E-state index contributed by atoms with van der Waals surface area (Å²) in [6, 6.07) is 3.25. The lowest BCUT2D eigenvalue weighted by Crippen LogP contribution is -2.44. The third-order valence-corrected chi connectivity index (χ3v) is 6.91. The molecule has 0 bridgehead atoms. The topological polar surface area (TPSA) is 131 Å². The number of carbonyl (C=O) groups is 1. The molecule has 11 nitrogen and oxygen atoms in total. The summed E-state index contributed by atoms with van der Waals surface area (Å²) in [5, 5.41) is 23.3. The van der Waals surface area contributed by atoms with Gasteiger partial charge in [0.2, 0.25) is 18.3 Å². The minimum atomic E-state index is -1.78. The molecule has 2 N–H and O–H groups in total. The SMILES string of the molecule is COCOc1c2c(cc3c1-c1c(cc(OC)c(OC)c1OC)[C@H](O)[C@@](C)(O)[C@@H](C)[C@H]3OC(C)=O)OCO2. The van der Waals surface area contributed by atoms with Gasteiger partial charge in [0.15, 0.2) is 29.8 Å². The van der Waals surface area contributed by atoms with E-state index in [0.29, 0.717) is 28.2 Å². The summed E-state index contributed by atoms with van der Waals surface area (Å²) in [6.07, 6.45) is -2.50. The maximum atomic E-state index is 12.3. The Hall–Kier alpha value is -3.41. The summed E-state index contributed by atoms with van der Waals surface area (Å²) in [5.74, 6) is 0.222. The molecule has 4 atom stereocenters. The smallest absolute Gasteiger partial charge is 0.303 e. The Morgan fingerprint density at radius 1 is 1.03 bits per heavy atom. The number of aliphatic hydroxyl groups is 2. The number of methoxy groups -OCH3 is 4. The number of fused-ring (bicyclic) bond motifs is 4. The van der Waals surface area contributed by atoms with E-state index in [2.05, 4.69) is 0 Å². The van der Waals surface area contributed by atoms with Crippen molar-refractivity contribution in [3.8, 4) is 45.6 Å². The van der Waals surface area contributed by atoms with Gasteiger partial charge in [0.1, 0.15) is 12.2 Å². The molecule has 0 unspecified atom stereocenters. The summed E-state index contributed by atoms with van der Waals surface area (Å²) >= 11 is 0. The van der Waals surface area contributed by atoms with E-state index in [-0.39, 0.29) is 42.1 Å². The van der Waals surface area contributed by atoms with Crippen LogP contribution in [-0.2, 0) is 14.3 Å². The van der Waals surface area contributed by atoms with Crippen molar-refractivity contribution in [3.63, 3.8) is 0 Å². The Morgan fingerprint density at radius 3 is 2.30 bits per heavy atom. The second-order valence-electron chi connectivity index (χ2n) is 9.01. The van der Waals surface area contributed by atoms with Crippen molar-refractivity contribution in [2.75, 3.05) is 42.0 Å². The van der Waals surface area contributed by atoms with Crippen molar-refractivity contribution >= 4 is 5.97 Å². The monoisotopic (exact) mass is 520 g/mol. The molecule has 2 aliphatic rings. The third kappa shape index (κ3) is 4.26. The molecule has 0 saturated carbocycles. The molecule has 37 heavy (non-hydrogen) atoms. The molecule has 11 heteroatoms. The van der Waals surface area contributed by atoms with E-state index < -0.39 is 29.7 Å². The molecular weight excluding hydrogens is 488 g/mol. The molecule has 0 amide bonds. The predicted molar refractivity (Wildman–Crippen MR) is 129 cm³/mol. The van der Waals surface area contributed by atoms with Crippen LogP contribution in [0.25, 0.3) is 11.1 Å². The van der Waals surface area contributed by atoms with Crippen molar-refractivity contribution in [2.45, 2.75) is 38.6 Å². The molecule has 1 heterocycles. The molecule has 202 valence electrons. The third-order valence-electron chi connectivity index (χ3n) is 6.91. The molecule has 0 saturated heterocycles. The fourth-order valence-electron chi connectivity index (χ4n) is 4.90. The van der Waals surface area contributed by atoms with E-state index >= 15 is 0 Å². The zero-order valence-electron chi connectivity index (χ0n) is 21.9. The van der Waals surface area contributed by atoms with Crippen molar-refractivity contribution in [1.82, 2.24) is 0 Å². The van der Waals surface area contributed by atoms with Gasteiger partial charge in [0, 0.05) is 36.6 Å². The van der Waals surface area contributed by atoms with Crippen LogP contribution >= 0.6 is 0 Å². The highest BCUT2D eigenvalue weighted by Gasteiger charge is 2.49. The summed E-state index contributed by atoms with van der Waals surface area (Å²) in [4.78, 5) is 12.3. The van der Waals surface area contributed by atoms with E-state index in [9.17, 15) is 15.0 Å². The summed E-state index contributed by atoms with van der Waals surface area (Å²) in [7, 11) is 5.82. The molecule has 1 aliphatic carbocycles. The maximum Gasteiger partial charge on any atom is 0.303 e. The van der Waals surface area contributed by atoms with Crippen LogP contribution in [0.4, 0.5) is 0 Å². The van der Waals surface area contributed by atoms with Crippen LogP contribution in [0.2, 0.25) is 0 Å². The normalized spacial score (nSPS) is 23.8. The van der Waals surface area contributed by atoms with Crippen LogP contribution < -0.4 is 28.4 Å². The molecule has 0 fully saturated rings. The van der Waals surface area contributed by atoms with E-state index in [1.165, 1.54) is 42.3 Å². The van der Waals surface area contributed by atoms with Crippen molar-refractivity contribution < 1.29 is 52.9 Å². The first-order chi connectivity index (χ1) is 17.6. The highest BCUT2D eigenvalue weighted by Crippen LogP contribution is 2.60. The van der Waals surface area contributed by atoms with Gasteiger partial charge in [-0.2, -0.15) is 0 Å². The van der Waals surface area contributed by atoms with E-state index in [4.69, 9.17) is 37.9 Å². The van der Waals surface area contributed by atoms with Crippen molar-refractivity contribution in [2.24, 2.45) is 5.92 Å². The number of aliphatic hydroxyl groups excluding tert-OH is 1. The highest BCUT2D eigenvalue weighted by molar-refractivity contribution is 5.89. The molecule has 0 radical (unpaired) electrons. The van der Waals surface area contributed by atoms with Crippen LogP contribution in [0.3, 0.4) is 0 Å². The Kier molecular flexibility index (Phi) is 7.31. The summed E-state index contributed by atoms with van der Waals surface area (Å²) in [6.45, 7) is 4.22. The van der Waals surface area contributed by atoms with Crippen LogP contribution in [0, 0.1) is 5.92 Å². The fourth-order valence-corrected chi connectivity index (χ4v) is 4.90. The van der Waals surface area contributed by atoms with Gasteiger partial charge in [-0.1, -0.05) is 6.92 Å². The minimum Gasteiger partial charge on any atom is -0.493 e. The number of carbonyl (C=O) groups excluding carboxylic acids is 1. The van der Waals surface area contributed by atoms with Crippen molar-refractivity contribution in [3.05, 3.63) is 23.3 Å². The lowest BCUT2D eigenvalue weighted by molar-refractivity contribution is -0.166. The molecular formula is C26H32O11. The second kappa shape index (κ2) is 10.2. The Morgan fingerprint density at radius 2 is 1.70 bits per heavy atom. The summed E-state index contributed by atoms with van der Waals surface area (Å²) < 4.78 is 45.3. The number of ether oxygens (including phenoxy) is 8. The number of esters is 1. The average molecular weight is 521 g/mol. The van der Waals surface area contributed by atoms with Gasteiger partial charge in [-0.25, -0.2) is 0 Å². The van der Waals surface area contributed by atoms with Gasteiger partial charge in [-0.05, 0) is 24.6 Å². The number of rotatable bonds is 7. The first-order valence-corrected chi connectivity index (χ1v) is 11.6. The number of benzene rings is 2. The minimum absolute atomic E-state index is 0.0639. The van der Waals surface area contributed by atoms with Gasteiger partial charge >= 0.3 is 5.97 Å². The van der Waals surface area contributed by atoms with Crippen LogP contribution in [0.15, 0.2) is 12.1 Å². The van der Waals surface area contributed by atoms with E-state index in [1.807, 2.05) is 0 Å². The molecule has 4 rings (SSSR count). The Bertz CT molecular complexity index is 1190. The lowest BCUT2D eigenvalue weighted by Gasteiger charge is -2.42. The van der Waals surface area contributed by atoms with Gasteiger partial charge < -0.3 is 48.1 Å². The molecule has 2 aromatic carbocycles. The molecule has 0 spiro atoms. The highest BCUT2D eigenvalue weighted by atomic mass is 16.7. The van der Waals surface area contributed by atoms with Gasteiger partial charge in [0.25, 0.3) is 0 Å². The largest absolute Gasteiger partial charge is 0.493 e. The first-order valence-electron chi connectivity index (χ1n) is 11.6. The van der Waals surface area contributed by atoms with Crippen LogP contribution in [0.1, 0.15) is 44.1 Å². The first kappa shape index (κ1) is 26.6. The quantitative estimate of drug-likeness (QED) is 0.412. The van der Waals surface area contributed by atoms with Crippen LogP contribution in [-0.4, -0.2) is 63.8 Å². The number of hydrogen-bond donors (Lipinski definition) is 2. The van der Waals surface area contributed by atoms with Gasteiger partial charge in [-0.3, -0.25) is 4.79 Å². The maximum absolute atomic E-state index is 12.3. The molecule has 1 aliphatic heterocycles. The zero-order chi connectivity index (χ0) is 27.1. The molecule has 0 aromatic heterocycles. The fraction of sp³-hybridized carbons (Fsp3) is 0.500. The predicted octanol–water partition coefficient (Wildman–Crippen LogP) is 3.13. The van der Waals surface area contributed by atoms with E-state index in [0.717, 1.165) is 0 Å². The van der Waals surface area contributed by atoms with Gasteiger partial charge in [-0.15, -0.1) is 0 Å². The van der Waals surface area contributed by atoms with Gasteiger partial charge in [0.05, 0.1) is 26.9 Å². The second-order valence-corrected chi connectivity index (χ2v) is 9.01. The molecule has 2 aromatic rings.